The fraction of sp³-hybridized carbons (Fsp3) is 0.292. The Morgan fingerprint density at radius 2 is 2.00 bits per heavy atom. The summed E-state index contributed by atoms with van der Waals surface area (Å²) in [6.45, 7) is 4.35. The van der Waals surface area contributed by atoms with Gasteiger partial charge in [-0.25, -0.2) is 9.67 Å². The van der Waals surface area contributed by atoms with Crippen LogP contribution in [0.4, 0.5) is 13.2 Å². The fourth-order valence-corrected chi connectivity index (χ4v) is 4.55. The van der Waals surface area contributed by atoms with E-state index in [9.17, 15) is 18.0 Å². The van der Waals surface area contributed by atoms with Crippen LogP contribution in [0.15, 0.2) is 54.9 Å². The van der Waals surface area contributed by atoms with Crippen LogP contribution < -0.4 is 0 Å². The average molecular weight is 453 g/mol. The highest BCUT2D eigenvalue weighted by Gasteiger charge is 2.44. The molecule has 0 spiro atoms. The van der Waals surface area contributed by atoms with Crippen molar-refractivity contribution in [1.29, 1.82) is 0 Å². The van der Waals surface area contributed by atoms with Crippen molar-refractivity contribution < 1.29 is 18.0 Å². The van der Waals surface area contributed by atoms with Gasteiger partial charge in [0.15, 0.2) is 0 Å². The molecule has 1 saturated heterocycles. The van der Waals surface area contributed by atoms with E-state index in [-0.39, 0.29) is 11.4 Å². The second-order valence-corrected chi connectivity index (χ2v) is 8.62. The highest BCUT2D eigenvalue weighted by Crippen LogP contribution is 2.40. The zero-order chi connectivity index (χ0) is 23.4. The summed E-state index contributed by atoms with van der Waals surface area (Å²) in [6, 6.07) is 10.9. The Morgan fingerprint density at radius 3 is 2.73 bits per heavy atom. The van der Waals surface area contributed by atoms with Crippen LogP contribution in [0.5, 0.6) is 0 Å². The molecule has 1 atom stereocenters. The summed E-state index contributed by atoms with van der Waals surface area (Å²) >= 11 is 0. The van der Waals surface area contributed by atoms with E-state index >= 15 is 0 Å². The molecule has 9 heteroatoms. The monoisotopic (exact) mass is 453 g/mol. The molecule has 1 N–H and O–H groups in total. The predicted molar refractivity (Wildman–Crippen MR) is 117 cm³/mol. The highest BCUT2D eigenvalue weighted by molar-refractivity contribution is 5.98. The fourth-order valence-electron chi connectivity index (χ4n) is 4.55. The Bertz CT molecular complexity index is 1340. The van der Waals surface area contributed by atoms with E-state index in [2.05, 4.69) is 15.1 Å². The van der Waals surface area contributed by atoms with E-state index in [1.54, 1.807) is 28.0 Å². The number of nitrogens with zero attached hydrogens (tertiary/aromatic N) is 4. The Balaban J connectivity index is 1.56. The van der Waals surface area contributed by atoms with Gasteiger partial charge in [-0.05, 0) is 63.1 Å². The quantitative estimate of drug-likeness (QED) is 0.462. The molecule has 4 aromatic rings. The van der Waals surface area contributed by atoms with Crippen LogP contribution in [0.1, 0.15) is 47.1 Å². The molecule has 1 fully saturated rings. The molecule has 6 nitrogen and oxygen atoms in total. The van der Waals surface area contributed by atoms with Crippen molar-refractivity contribution in [1.82, 2.24) is 24.6 Å². The molecule has 0 radical (unpaired) electrons. The number of hydrogen-bond donors (Lipinski definition) is 1. The van der Waals surface area contributed by atoms with Crippen LogP contribution in [0.3, 0.4) is 0 Å². The lowest BCUT2D eigenvalue weighted by molar-refractivity contribution is -0.137. The lowest BCUT2D eigenvalue weighted by Gasteiger charge is -2.34. The highest BCUT2D eigenvalue weighted by atomic mass is 19.4. The molecule has 170 valence electrons. The number of likely N-dealkylation sites (tertiary alicyclic amines) is 1. The Kier molecular flexibility index (Phi) is 4.81. The number of aromatic amines is 1. The number of rotatable bonds is 3. The average Bonchev–Trinajstić information content (AvgIpc) is 3.52. The number of nitrogens with one attached hydrogen (secondary N) is 1. The van der Waals surface area contributed by atoms with Crippen molar-refractivity contribution in [3.05, 3.63) is 77.4 Å². The lowest BCUT2D eigenvalue weighted by atomic mass is 9.96. The van der Waals surface area contributed by atoms with Gasteiger partial charge in [-0.1, -0.05) is 11.6 Å². The molecule has 2 aromatic heterocycles. The van der Waals surface area contributed by atoms with Gasteiger partial charge in [0.05, 0.1) is 33.4 Å². The van der Waals surface area contributed by atoms with E-state index in [1.807, 2.05) is 32.0 Å². The van der Waals surface area contributed by atoms with Gasteiger partial charge >= 0.3 is 6.18 Å². The van der Waals surface area contributed by atoms with Gasteiger partial charge in [-0.3, -0.25) is 4.79 Å². The summed E-state index contributed by atoms with van der Waals surface area (Å²) in [5.41, 5.74) is 1.34. The maximum absolute atomic E-state index is 13.8. The molecule has 1 aliphatic heterocycles. The Morgan fingerprint density at radius 1 is 1.18 bits per heavy atom. The number of amides is 1. The molecule has 0 saturated carbocycles. The first-order valence-corrected chi connectivity index (χ1v) is 10.7. The molecular weight excluding hydrogens is 431 g/mol. The van der Waals surface area contributed by atoms with Gasteiger partial charge in [0.25, 0.3) is 5.91 Å². The van der Waals surface area contributed by atoms with Gasteiger partial charge < -0.3 is 9.88 Å². The standard InChI is InChI=1S/C24H22F3N5O/c1-15-5-8-20(32-12-4-10-28-32)17(13-15)21(33)31-11-3-9-23(31,2)22-29-18-7-6-16(24(25,26)27)14-19(18)30-22/h4-8,10,12-14H,3,9,11H2,1-2H3,(H,29,30)/t23-/m0/s1. The zero-order valence-corrected chi connectivity index (χ0v) is 18.1. The second-order valence-electron chi connectivity index (χ2n) is 8.62. The first-order valence-electron chi connectivity index (χ1n) is 10.7. The van der Waals surface area contributed by atoms with Crippen molar-refractivity contribution in [2.75, 3.05) is 6.54 Å². The number of halogens is 3. The van der Waals surface area contributed by atoms with Crippen LogP contribution in [0, 0.1) is 6.92 Å². The smallest absolute Gasteiger partial charge is 0.340 e. The second kappa shape index (κ2) is 7.47. The van der Waals surface area contributed by atoms with Gasteiger partial charge in [0, 0.05) is 18.9 Å². The minimum absolute atomic E-state index is 0.166. The maximum Gasteiger partial charge on any atom is 0.416 e. The van der Waals surface area contributed by atoms with Crippen LogP contribution in [0.25, 0.3) is 16.7 Å². The molecule has 0 aliphatic carbocycles. The summed E-state index contributed by atoms with van der Waals surface area (Å²) in [6.07, 6.45) is 0.393. The van der Waals surface area contributed by atoms with E-state index in [1.165, 1.54) is 6.07 Å². The molecule has 5 rings (SSSR count). The first-order chi connectivity index (χ1) is 15.7. The number of imidazole rings is 1. The predicted octanol–water partition coefficient (Wildman–Crippen LogP) is 5.23. The SMILES string of the molecule is Cc1ccc(-n2cccn2)c(C(=O)N2CCC[C@@]2(C)c2nc3cc(C(F)(F)F)ccc3[nH]2)c1. The molecule has 0 unspecified atom stereocenters. The lowest BCUT2D eigenvalue weighted by Crippen LogP contribution is -2.44. The van der Waals surface area contributed by atoms with E-state index in [0.29, 0.717) is 35.6 Å². The van der Waals surface area contributed by atoms with E-state index in [0.717, 1.165) is 24.1 Å². The molecule has 3 heterocycles. The molecule has 2 aromatic carbocycles. The number of aromatic nitrogens is 4. The zero-order valence-electron chi connectivity index (χ0n) is 18.1. The van der Waals surface area contributed by atoms with Gasteiger partial charge in [0.2, 0.25) is 0 Å². The van der Waals surface area contributed by atoms with Crippen molar-refractivity contribution in [3.63, 3.8) is 0 Å². The van der Waals surface area contributed by atoms with Crippen LogP contribution in [-0.2, 0) is 11.7 Å². The summed E-state index contributed by atoms with van der Waals surface area (Å²) in [5.74, 6) is 0.316. The van der Waals surface area contributed by atoms with Crippen LogP contribution in [0.2, 0.25) is 0 Å². The largest absolute Gasteiger partial charge is 0.416 e. The number of hydrogen-bond acceptors (Lipinski definition) is 3. The van der Waals surface area contributed by atoms with Gasteiger partial charge in [0.1, 0.15) is 5.82 Å². The number of H-pyrrole nitrogens is 1. The number of alkyl halides is 3. The van der Waals surface area contributed by atoms with Crippen molar-refractivity contribution in [2.45, 2.75) is 38.4 Å². The summed E-state index contributed by atoms with van der Waals surface area (Å²) in [5, 5.41) is 4.27. The Hall–Kier alpha value is -3.62. The van der Waals surface area contributed by atoms with Crippen molar-refractivity contribution >= 4 is 16.9 Å². The first kappa shape index (κ1) is 21.2. The summed E-state index contributed by atoms with van der Waals surface area (Å²) in [7, 11) is 0. The van der Waals surface area contributed by atoms with Crippen LogP contribution in [-0.4, -0.2) is 37.1 Å². The minimum atomic E-state index is -4.44. The normalized spacial score (nSPS) is 18.9. The number of benzene rings is 2. The maximum atomic E-state index is 13.8. The van der Waals surface area contributed by atoms with E-state index in [4.69, 9.17) is 0 Å². The molecule has 33 heavy (non-hydrogen) atoms. The molecular formula is C24H22F3N5O. The van der Waals surface area contributed by atoms with Crippen molar-refractivity contribution in [3.8, 4) is 5.69 Å². The van der Waals surface area contributed by atoms with Gasteiger partial charge in [-0.2, -0.15) is 18.3 Å². The number of carbonyl (C=O) groups is 1. The molecule has 1 amide bonds. The third kappa shape index (κ3) is 3.57. The third-order valence-corrected chi connectivity index (χ3v) is 6.34. The topological polar surface area (TPSA) is 66.8 Å². The summed E-state index contributed by atoms with van der Waals surface area (Å²) < 4.78 is 41.1. The van der Waals surface area contributed by atoms with Gasteiger partial charge in [-0.15, -0.1) is 0 Å². The number of fused-ring (bicyclic) bond motifs is 1. The Labute approximate surface area is 188 Å². The molecule has 0 bridgehead atoms. The van der Waals surface area contributed by atoms with E-state index < -0.39 is 17.3 Å². The summed E-state index contributed by atoms with van der Waals surface area (Å²) in [4.78, 5) is 23.2. The third-order valence-electron chi connectivity index (χ3n) is 6.34. The number of aryl methyl sites for hydroxylation is 1. The number of carbonyl (C=O) groups excluding carboxylic acids is 1. The molecule has 1 aliphatic rings. The van der Waals surface area contributed by atoms with Crippen LogP contribution >= 0.6 is 0 Å². The minimum Gasteiger partial charge on any atom is -0.340 e. The van der Waals surface area contributed by atoms with Crippen molar-refractivity contribution in [2.24, 2.45) is 0 Å².